The van der Waals surface area contributed by atoms with Crippen LogP contribution in [0.3, 0.4) is 0 Å². The number of likely N-dealkylation sites (tertiary alicyclic amines) is 1. The molecule has 2 aromatic heterocycles. The van der Waals surface area contributed by atoms with Crippen LogP contribution in [0.25, 0.3) is 16.7 Å². The number of aromatic nitrogens is 5. The van der Waals surface area contributed by atoms with Crippen LogP contribution >= 0.6 is 0 Å². The minimum atomic E-state index is -0.265. The van der Waals surface area contributed by atoms with Crippen molar-refractivity contribution in [2.45, 2.75) is 39.2 Å². The zero-order valence-electron chi connectivity index (χ0n) is 20.0. The summed E-state index contributed by atoms with van der Waals surface area (Å²) in [7, 11) is 0. The molecule has 1 amide bonds. The number of fused-ring (bicyclic) bond motifs is 1. The molecule has 8 heteroatoms. The monoisotopic (exact) mass is 467 g/mol. The fourth-order valence-corrected chi connectivity index (χ4v) is 5.61. The molecule has 0 atom stereocenters. The van der Waals surface area contributed by atoms with Gasteiger partial charge in [-0.05, 0) is 61.9 Å². The molecule has 0 saturated carbocycles. The van der Waals surface area contributed by atoms with Gasteiger partial charge in [0.1, 0.15) is 5.82 Å². The summed E-state index contributed by atoms with van der Waals surface area (Å²) in [6, 6.07) is 14.3. The van der Waals surface area contributed by atoms with Crippen molar-refractivity contribution in [2.75, 3.05) is 24.5 Å². The lowest BCUT2D eigenvalue weighted by molar-refractivity contribution is -0.148. The summed E-state index contributed by atoms with van der Waals surface area (Å²) in [5, 5.41) is 7.98. The van der Waals surface area contributed by atoms with Gasteiger partial charge in [-0.25, -0.2) is 9.67 Å². The van der Waals surface area contributed by atoms with Gasteiger partial charge in [0.25, 0.3) is 0 Å². The van der Waals surface area contributed by atoms with Crippen LogP contribution in [-0.4, -0.2) is 55.4 Å². The van der Waals surface area contributed by atoms with Gasteiger partial charge in [0.05, 0.1) is 40.7 Å². The Bertz CT molecular complexity index is 1360. The van der Waals surface area contributed by atoms with Crippen LogP contribution in [0.5, 0.6) is 0 Å². The highest BCUT2D eigenvalue weighted by atomic mass is 16.2. The fraction of sp³-hybridized carbons (Fsp3) is 0.370. The Balaban J connectivity index is 1.16. The molecule has 6 rings (SSSR count). The number of piperidine rings is 2. The summed E-state index contributed by atoms with van der Waals surface area (Å²) in [6.45, 7) is 5.17. The molecule has 2 aliphatic rings. The second-order valence-corrected chi connectivity index (χ2v) is 9.79. The highest BCUT2D eigenvalue weighted by Gasteiger charge is 2.45. The standard InChI is InChI=1S/C27H29N7O/c1-20-5-2-8-23-25(20)30-24(18-28-23)32-14-10-27(11-15-32)9-4-13-33(26(27)35)19-21-6-3-7-22(17-21)34-16-12-29-31-34/h2-3,5-8,12,16-18H,4,9-11,13-15,19H2,1H3. The maximum Gasteiger partial charge on any atom is 0.229 e. The Morgan fingerprint density at radius 3 is 2.71 bits per heavy atom. The molecular formula is C27H29N7O. The summed E-state index contributed by atoms with van der Waals surface area (Å²) in [6.07, 6.45) is 9.10. The van der Waals surface area contributed by atoms with Crippen molar-refractivity contribution in [3.8, 4) is 5.69 Å². The third-order valence-corrected chi connectivity index (χ3v) is 7.60. The predicted molar refractivity (Wildman–Crippen MR) is 134 cm³/mol. The molecule has 2 aromatic carbocycles. The maximum atomic E-state index is 13.7. The fourth-order valence-electron chi connectivity index (χ4n) is 5.61. The number of aryl methyl sites for hydroxylation is 1. The molecule has 0 unspecified atom stereocenters. The Morgan fingerprint density at radius 1 is 1.03 bits per heavy atom. The molecular weight excluding hydrogens is 438 g/mol. The first-order chi connectivity index (χ1) is 17.1. The van der Waals surface area contributed by atoms with Crippen molar-refractivity contribution in [1.29, 1.82) is 0 Å². The van der Waals surface area contributed by atoms with Crippen LogP contribution in [-0.2, 0) is 11.3 Å². The summed E-state index contributed by atoms with van der Waals surface area (Å²) in [5.41, 5.74) is 4.82. The topological polar surface area (TPSA) is 80.0 Å². The zero-order valence-corrected chi connectivity index (χ0v) is 20.0. The molecule has 0 bridgehead atoms. The summed E-state index contributed by atoms with van der Waals surface area (Å²) >= 11 is 0. The van der Waals surface area contributed by atoms with Gasteiger partial charge in [-0.1, -0.05) is 29.5 Å². The maximum absolute atomic E-state index is 13.7. The normalized spacial score (nSPS) is 17.9. The number of nitrogens with zero attached hydrogens (tertiary/aromatic N) is 7. The van der Waals surface area contributed by atoms with Crippen molar-refractivity contribution >= 4 is 22.8 Å². The van der Waals surface area contributed by atoms with Crippen LogP contribution in [0.2, 0.25) is 0 Å². The van der Waals surface area contributed by atoms with Crippen molar-refractivity contribution in [1.82, 2.24) is 29.9 Å². The van der Waals surface area contributed by atoms with E-state index in [2.05, 4.69) is 50.2 Å². The quantitative estimate of drug-likeness (QED) is 0.453. The van der Waals surface area contributed by atoms with Gasteiger partial charge in [-0.15, -0.1) is 5.10 Å². The Hall–Kier alpha value is -3.81. The molecule has 2 saturated heterocycles. The largest absolute Gasteiger partial charge is 0.355 e. The van der Waals surface area contributed by atoms with Crippen molar-refractivity contribution in [3.05, 3.63) is 72.2 Å². The SMILES string of the molecule is Cc1cccc2ncc(N3CCC4(CCCN(Cc5cccc(-n6ccnn6)c5)C4=O)CC3)nc12. The number of carbonyl (C=O) groups excluding carboxylic acids is 1. The van der Waals surface area contributed by atoms with Crippen LogP contribution in [0.1, 0.15) is 36.8 Å². The molecule has 0 aliphatic carbocycles. The first kappa shape index (κ1) is 21.7. The summed E-state index contributed by atoms with van der Waals surface area (Å²) < 4.78 is 1.75. The minimum absolute atomic E-state index is 0.265. The van der Waals surface area contributed by atoms with Gasteiger partial charge >= 0.3 is 0 Å². The van der Waals surface area contributed by atoms with Crippen LogP contribution in [0.4, 0.5) is 5.82 Å². The van der Waals surface area contributed by atoms with Crippen molar-refractivity contribution < 1.29 is 4.79 Å². The van der Waals surface area contributed by atoms with Gasteiger partial charge < -0.3 is 9.80 Å². The molecule has 0 radical (unpaired) electrons. The second-order valence-electron chi connectivity index (χ2n) is 9.79. The first-order valence-corrected chi connectivity index (χ1v) is 12.3. The van der Waals surface area contributed by atoms with E-state index < -0.39 is 0 Å². The van der Waals surface area contributed by atoms with E-state index in [-0.39, 0.29) is 5.41 Å². The molecule has 2 fully saturated rings. The van der Waals surface area contributed by atoms with Gasteiger partial charge in [-0.3, -0.25) is 9.78 Å². The minimum Gasteiger partial charge on any atom is -0.355 e. The number of hydrogen-bond donors (Lipinski definition) is 0. The third-order valence-electron chi connectivity index (χ3n) is 7.60. The van der Waals surface area contributed by atoms with E-state index in [1.807, 2.05) is 36.7 Å². The number of amides is 1. The number of rotatable bonds is 4. The molecule has 8 nitrogen and oxygen atoms in total. The average molecular weight is 468 g/mol. The van der Waals surface area contributed by atoms with Crippen LogP contribution in [0, 0.1) is 12.3 Å². The average Bonchev–Trinajstić information content (AvgIpc) is 3.43. The zero-order chi connectivity index (χ0) is 23.8. The van der Waals surface area contributed by atoms with Crippen molar-refractivity contribution in [2.24, 2.45) is 5.41 Å². The third kappa shape index (κ3) is 4.03. The molecule has 4 heterocycles. The highest BCUT2D eigenvalue weighted by Crippen LogP contribution is 2.42. The van der Waals surface area contributed by atoms with E-state index in [1.165, 1.54) is 0 Å². The highest BCUT2D eigenvalue weighted by molar-refractivity contribution is 5.84. The molecule has 4 aromatic rings. The second kappa shape index (κ2) is 8.76. The number of carbonyl (C=O) groups is 1. The summed E-state index contributed by atoms with van der Waals surface area (Å²) in [5.74, 6) is 1.21. The van der Waals surface area contributed by atoms with Gasteiger partial charge in [0.2, 0.25) is 5.91 Å². The van der Waals surface area contributed by atoms with Gasteiger partial charge in [0.15, 0.2) is 0 Å². The van der Waals surface area contributed by atoms with Crippen LogP contribution in [0.15, 0.2) is 61.1 Å². The number of para-hydroxylation sites is 1. The van der Waals surface area contributed by atoms with E-state index in [0.717, 1.165) is 79.0 Å². The smallest absolute Gasteiger partial charge is 0.229 e. The molecule has 35 heavy (non-hydrogen) atoms. The Kier molecular flexibility index (Phi) is 5.43. The molecule has 0 N–H and O–H groups in total. The lowest BCUT2D eigenvalue weighted by Crippen LogP contribution is -2.53. The van der Waals surface area contributed by atoms with Crippen molar-refractivity contribution in [3.63, 3.8) is 0 Å². The van der Waals surface area contributed by atoms with E-state index in [9.17, 15) is 4.79 Å². The lowest BCUT2D eigenvalue weighted by Gasteiger charge is -2.46. The van der Waals surface area contributed by atoms with E-state index in [1.54, 1.807) is 10.9 Å². The van der Waals surface area contributed by atoms with E-state index >= 15 is 0 Å². The van der Waals surface area contributed by atoms with E-state index in [0.29, 0.717) is 12.5 Å². The predicted octanol–water partition coefficient (Wildman–Crippen LogP) is 3.93. The Morgan fingerprint density at radius 2 is 1.89 bits per heavy atom. The summed E-state index contributed by atoms with van der Waals surface area (Å²) in [4.78, 5) is 27.6. The molecule has 2 aliphatic heterocycles. The molecule has 178 valence electrons. The lowest BCUT2D eigenvalue weighted by atomic mass is 9.71. The number of hydrogen-bond acceptors (Lipinski definition) is 6. The molecule has 1 spiro atoms. The number of benzene rings is 2. The van der Waals surface area contributed by atoms with Crippen LogP contribution < -0.4 is 4.90 Å². The number of anilines is 1. The van der Waals surface area contributed by atoms with Gasteiger partial charge in [0, 0.05) is 26.2 Å². The van der Waals surface area contributed by atoms with E-state index in [4.69, 9.17) is 4.98 Å². The first-order valence-electron chi connectivity index (χ1n) is 12.3. The van der Waals surface area contributed by atoms with Gasteiger partial charge in [-0.2, -0.15) is 0 Å². The Labute approximate surface area is 204 Å².